The van der Waals surface area contributed by atoms with Gasteiger partial charge in [0.15, 0.2) is 5.76 Å². The van der Waals surface area contributed by atoms with Crippen molar-refractivity contribution in [1.29, 1.82) is 0 Å². The SMILES string of the molecule is Cc1ccc2c(C)c(C(=O)N3CCc4cc(C(N)=O)n(C)c4C3)oc2c1. The van der Waals surface area contributed by atoms with Crippen molar-refractivity contribution in [2.45, 2.75) is 26.8 Å². The van der Waals surface area contributed by atoms with Gasteiger partial charge in [-0.05, 0) is 43.5 Å². The predicted molar refractivity (Wildman–Crippen MR) is 98.1 cm³/mol. The number of furan rings is 1. The monoisotopic (exact) mass is 351 g/mol. The molecule has 4 rings (SSSR count). The molecule has 2 N–H and O–H groups in total. The van der Waals surface area contributed by atoms with E-state index in [0.29, 0.717) is 31.0 Å². The molecule has 2 amide bonds. The minimum absolute atomic E-state index is 0.121. The molecule has 0 unspecified atom stereocenters. The number of nitrogens with zero attached hydrogens (tertiary/aromatic N) is 2. The first-order valence-corrected chi connectivity index (χ1v) is 8.63. The van der Waals surface area contributed by atoms with Crippen LogP contribution in [0.4, 0.5) is 0 Å². The van der Waals surface area contributed by atoms with E-state index in [-0.39, 0.29) is 5.91 Å². The number of nitrogens with two attached hydrogens (primary N) is 1. The highest BCUT2D eigenvalue weighted by atomic mass is 16.3. The van der Waals surface area contributed by atoms with Gasteiger partial charge < -0.3 is 19.6 Å². The van der Waals surface area contributed by atoms with E-state index in [1.54, 1.807) is 9.47 Å². The van der Waals surface area contributed by atoms with Gasteiger partial charge in [0.05, 0.1) is 6.54 Å². The molecular weight excluding hydrogens is 330 g/mol. The maximum Gasteiger partial charge on any atom is 0.290 e. The number of carbonyl (C=O) groups is 2. The van der Waals surface area contributed by atoms with E-state index in [9.17, 15) is 9.59 Å². The molecule has 3 aromatic rings. The standard InChI is InChI=1S/C20H21N3O3/c1-11-4-5-14-12(2)18(26-17(14)8-11)20(25)23-7-6-13-9-15(19(21)24)22(3)16(13)10-23/h4-5,8-9H,6-7,10H2,1-3H3,(H2,21,24). The van der Waals surface area contributed by atoms with Gasteiger partial charge in [-0.15, -0.1) is 0 Å². The lowest BCUT2D eigenvalue weighted by molar-refractivity contribution is 0.0700. The molecule has 0 saturated carbocycles. The zero-order chi connectivity index (χ0) is 18.6. The number of benzene rings is 1. The number of aryl methyl sites for hydroxylation is 2. The molecule has 6 heteroatoms. The molecule has 26 heavy (non-hydrogen) atoms. The summed E-state index contributed by atoms with van der Waals surface area (Å²) < 4.78 is 7.67. The summed E-state index contributed by atoms with van der Waals surface area (Å²) in [6.07, 6.45) is 0.695. The van der Waals surface area contributed by atoms with Crippen molar-refractivity contribution >= 4 is 22.8 Å². The van der Waals surface area contributed by atoms with Crippen LogP contribution in [0, 0.1) is 13.8 Å². The minimum atomic E-state index is -0.455. The highest BCUT2D eigenvalue weighted by Crippen LogP contribution is 2.29. The molecule has 0 radical (unpaired) electrons. The summed E-state index contributed by atoms with van der Waals surface area (Å²) in [7, 11) is 1.81. The van der Waals surface area contributed by atoms with E-state index in [4.69, 9.17) is 10.2 Å². The lowest BCUT2D eigenvalue weighted by Gasteiger charge is -2.27. The Kier molecular flexibility index (Phi) is 3.64. The van der Waals surface area contributed by atoms with Crippen molar-refractivity contribution in [3.8, 4) is 0 Å². The van der Waals surface area contributed by atoms with E-state index >= 15 is 0 Å². The van der Waals surface area contributed by atoms with Crippen LogP contribution in [0.2, 0.25) is 0 Å². The number of amides is 2. The number of hydrogen-bond donors (Lipinski definition) is 1. The molecule has 134 valence electrons. The Morgan fingerprint density at radius 3 is 2.69 bits per heavy atom. The fraction of sp³-hybridized carbons (Fsp3) is 0.300. The van der Waals surface area contributed by atoms with Crippen LogP contribution in [0.3, 0.4) is 0 Å². The lowest BCUT2D eigenvalue weighted by Crippen LogP contribution is -2.36. The molecule has 1 aromatic carbocycles. The second-order valence-electron chi connectivity index (χ2n) is 6.96. The Morgan fingerprint density at radius 2 is 1.96 bits per heavy atom. The Labute approximate surface area is 151 Å². The Bertz CT molecular complexity index is 1060. The summed E-state index contributed by atoms with van der Waals surface area (Å²) in [5.74, 6) is -0.189. The van der Waals surface area contributed by atoms with E-state index in [1.165, 1.54) is 0 Å². The average Bonchev–Trinajstić information content (AvgIpc) is 3.11. The Balaban J connectivity index is 1.68. The largest absolute Gasteiger partial charge is 0.451 e. The number of rotatable bonds is 2. The summed E-state index contributed by atoms with van der Waals surface area (Å²) in [4.78, 5) is 26.4. The molecule has 0 bridgehead atoms. The Hall–Kier alpha value is -3.02. The predicted octanol–water partition coefficient (Wildman–Crippen LogP) is 2.69. The third-order valence-electron chi connectivity index (χ3n) is 5.27. The van der Waals surface area contributed by atoms with E-state index < -0.39 is 5.91 Å². The van der Waals surface area contributed by atoms with Crippen LogP contribution < -0.4 is 5.73 Å². The first-order chi connectivity index (χ1) is 12.4. The number of carbonyl (C=O) groups excluding carboxylic acids is 2. The maximum atomic E-state index is 13.1. The van der Waals surface area contributed by atoms with Crippen LogP contribution in [0.1, 0.15) is 43.4 Å². The van der Waals surface area contributed by atoms with Crippen LogP contribution in [0.5, 0.6) is 0 Å². The van der Waals surface area contributed by atoms with Gasteiger partial charge >= 0.3 is 0 Å². The van der Waals surface area contributed by atoms with Crippen LogP contribution in [-0.2, 0) is 20.0 Å². The summed E-state index contributed by atoms with van der Waals surface area (Å²) in [5.41, 5.74) is 10.6. The number of fused-ring (bicyclic) bond motifs is 2. The van der Waals surface area contributed by atoms with Crippen LogP contribution in [0.15, 0.2) is 28.7 Å². The fourth-order valence-corrected chi connectivity index (χ4v) is 3.74. The smallest absolute Gasteiger partial charge is 0.290 e. The molecule has 0 aliphatic carbocycles. The van der Waals surface area contributed by atoms with E-state index in [0.717, 1.165) is 33.4 Å². The van der Waals surface area contributed by atoms with Gasteiger partial charge in [-0.25, -0.2) is 0 Å². The topological polar surface area (TPSA) is 81.5 Å². The van der Waals surface area contributed by atoms with Crippen LogP contribution in [0.25, 0.3) is 11.0 Å². The molecule has 1 aliphatic rings. The van der Waals surface area contributed by atoms with Gasteiger partial charge in [0, 0.05) is 30.2 Å². The first-order valence-electron chi connectivity index (χ1n) is 8.63. The summed E-state index contributed by atoms with van der Waals surface area (Å²) in [6.45, 7) is 4.94. The number of primary amides is 1. The van der Waals surface area contributed by atoms with E-state index in [2.05, 4.69) is 0 Å². The third-order valence-corrected chi connectivity index (χ3v) is 5.27. The van der Waals surface area contributed by atoms with Crippen molar-refractivity contribution in [2.75, 3.05) is 6.54 Å². The van der Waals surface area contributed by atoms with Crippen molar-refractivity contribution < 1.29 is 14.0 Å². The highest BCUT2D eigenvalue weighted by molar-refractivity contribution is 5.99. The molecule has 2 aromatic heterocycles. The molecular formula is C20H21N3O3. The maximum absolute atomic E-state index is 13.1. The van der Waals surface area contributed by atoms with Crippen molar-refractivity contribution in [3.05, 3.63) is 58.1 Å². The fourth-order valence-electron chi connectivity index (χ4n) is 3.74. The number of aromatic nitrogens is 1. The first kappa shape index (κ1) is 16.4. The van der Waals surface area contributed by atoms with Crippen LogP contribution >= 0.6 is 0 Å². The molecule has 0 fully saturated rings. The molecule has 0 atom stereocenters. The van der Waals surface area contributed by atoms with Gasteiger partial charge in [-0.1, -0.05) is 12.1 Å². The van der Waals surface area contributed by atoms with Crippen molar-refractivity contribution in [3.63, 3.8) is 0 Å². The third kappa shape index (κ3) is 2.41. The van der Waals surface area contributed by atoms with E-state index in [1.807, 2.05) is 45.2 Å². The normalized spacial score (nSPS) is 13.9. The van der Waals surface area contributed by atoms with Crippen molar-refractivity contribution in [2.24, 2.45) is 12.8 Å². The molecule has 6 nitrogen and oxygen atoms in total. The summed E-state index contributed by atoms with van der Waals surface area (Å²) >= 11 is 0. The highest BCUT2D eigenvalue weighted by Gasteiger charge is 2.29. The molecule has 0 saturated heterocycles. The van der Waals surface area contributed by atoms with Crippen molar-refractivity contribution in [1.82, 2.24) is 9.47 Å². The van der Waals surface area contributed by atoms with Gasteiger partial charge in [0.2, 0.25) is 0 Å². The molecule has 3 heterocycles. The van der Waals surface area contributed by atoms with Gasteiger partial charge in [-0.2, -0.15) is 0 Å². The van der Waals surface area contributed by atoms with Gasteiger partial charge in [0.1, 0.15) is 11.3 Å². The summed E-state index contributed by atoms with van der Waals surface area (Å²) in [5, 5.41) is 0.964. The zero-order valence-electron chi connectivity index (χ0n) is 15.1. The lowest BCUT2D eigenvalue weighted by atomic mass is 10.1. The Morgan fingerprint density at radius 1 is 1.19 bits per heavy atom. The number of hydrogen-bond acceptors (Lipinski definition) is 3. The summed E-state index contributed by atoms with van der Waals surface area (Å²) in [6, 6.07) is 7.78. The average molecular weight is 351 g/mol. The zero-order valence-corrected chi connectivity index (χ0v) is 15.1. The molecule has 1 aliphatic heterocycles. The molecule has 0 spiro atoms. The second kappa shape index (κ2) is 5.76. The quantitative estimate of drug-likeness (QED) is 0.771. The van der Waals surface area contributed by atoms with Crippen LogP contribution in [-0.4, -0.2) is 27.8 Å². The van der Waals surface area contributed by atoms with Gasteiger partial charge in [0.25, 0.3) is 11.8 Å². The van der Waals surface area contributed by atoms with Gasteiger partial charge in [-0.3, -0.25) is 9.59 Å². The minimum Gasteiger partial charge on any atom is -0.451 e. The second-order valence-corrected chi connectivity index (χ2v) is 6.96.